The van der Waals surface area contributed by atoms with Crippen molar-refractivity contribution >= 4 is 5.91 Å². The van der Waals surface area contributed by atoms with Gasteiger partial charge in [-0.1, -0.05) is 30.3 Å². The minimum absolute atomic E-state index is 0.0766. The van der Waals surface area contributed by atoms with Crippen molar-refractivity contribution < 1.29 is 24.1 Å². The second-order valence-electron chi connectivity index (χ2n) is 7.96. The Morgan fingerprint density at radius 1 is 1.27 bits per heavy atom. The first-order chi connectivity index (χ1) is 12.4. The summed E-state index contributed by atoms with van der Waals surface area (Å²) in [6.07, 6.45) is 0.000159. The van der Waals surface area contributed by atoms with E-state index in [4.69, 9.17) is 14.2 Å². The van der Waals surface area contributed by atoms with Crippen LogP contribution >= 0.6 is 0 Å². The normalized spacial score (nSPS) is 35.4. The molecular formula is C20H27NO5. The van der Waals surface area contributed by atoms with Crippen molar-refractivity contribution in [3.05, 3.63) is 35.9 Å². The summed E-state index contributed by atoms with van der Waals surface area (Å²) in [5.74, 6) is -0.686. The number of hydrogen-bond donors (Lipinski definition) is 1. The lowest BCUT2D eigenvalue weighted by molar-refractivity contribution is -0.181. The number of ether oxygens (including phenoxy) is 3. The van der Waals surface area contributed by atoms with Crippen LogP contribution in [0.25, 0.3) is 0 Å². The number of aliphatic hydroxyl groups excluding tert-OH is 1. The number of benzene rings is 1. The molecule has 4 rings (SSSR count). The fourth-order valence-corrected chi connectivity index (χ4v) is 4.45. The average Bonchev–Trinajstić information content (AvgIpc) is 3.09. The van der Waals surface area contributed by atoms with E-state index in [0.29, 0.717) is 32.6 Å². The van der Waals surface area contributed by atoms with E-state index < -0.39 is 11.9 Å². The Bertz CT molecular complexity index is 649. The maximum Gasteiger partial charge on any atom is 0.223 e. The van der Waals surface area contributed by atoms with Crippen molar-refractivity contribution in [2.75, 3.05) is 13.2 Å². The van der Waals surface area contributed by atoms with E-state index in [-0.39, 0.29) is 30.1 Å². The third kappa shape index (κ3) is 3.39. The summed E-state index contributed by atoms with van der Waals surface area (Å²) in [6, 6.07) is 9.67. The molecule has 0 aromatic heterocycles. The van der Waals surface area contributed by atoms with Crippen LogP contribution in [0.4, 0.5) is 0 Å². The van der Waals surface area contributed by atoms with Gasteiger partial charge in [0.05, 0.1) is 25.3 Å². The van der Waals surface area contributed by atoms with Crippen LogP contribution < -0.4 is 0 Å². The second kappa shape index (κ2) is 6.93. The van der Waals surface area contributed by atoms with Gasteiger partial charge in [0.15, 0.2) is 5.79 Å². The fraction of sp³-hybridized carbons (Fsp3) is 0.650. The van der Waals surface area contributed by atoms with Crippen LogP contribution in [0, 0.1) is 5.92 Å². The summed E-state index contributed by atoms with van der Waals surface area (Å²) in [5.41, 5.74) is 1.12. The van der Waals surface area contributed by atoms with Crippen molar-refractivity contribution in [2.24, 2.45) is 5.92 Å². The van der Waals surface area contributed by atoms with E-state index in [1.165, 1.54) is 0 Å². The van der Waals surface area contributed by atoms with Gasteiger partial charge in [0.25, 0.3) is 0 Å². The van der Waals surface area contributed by atoms with Crippen LogP contribution in [-0.4, -0.2) is 59.2 Å². The van der Waals surface area contributed by atoms with E-state index in [1.807, 2.05) is 44.2 Å². The molecule has 0 radical (unpaired) electrons. The fourth-order valence-electron chi connectivity index (χ4n) is 4.45. The highest BCUT2D eigenvalue weighted by atomic mass is 16.8. The number of amides is 1. The average molecular weight is 361 g/mol. The Hall–Kier alpha value is -1.47. The second-order valence-corrected chi connectivity index (χ2v) is 7.96. The smallest absolute Gasteiger partial charge is 0.223 e. The highest BCUT2D eigenvalue weighted by Gasteiger charge is 2.58. The van der Waals surface area contributed by atoms with Crippen LogP contribution in [0.3, 0.4) is 0 Å². The Kier molecular flexibility index (Phi) is 4.77. The zero-order valence-corrected chi connectivity index (χ0v) is 15.3. The number of piperidine rings is 1. The van der Waals surface area contributed by atoms with E-state index in [9.17, 15) is 9.90 Å². The minimum Gasteiger partial charge on any atom is -0.391 e. The first-order valence-electron chi connectivity index (χ1n) is 9.39. The van der Waals surface area contributed by atoms with Crippen LogP contribution in [0.2, 0.25) is 0 Å². The number of hydrogen-bond acceptors (Lipinski definition) is 5. The van der Waals surface area contributed by atoms with Gasteiger partial charge in [-0.2, -0.15) is 0 Å². The van der Waals surface area contributed by atoms with Crippen molar-refractivity contribution in [1.29, 1.82) is 0 Å². The van der Waals surface area contributed by atoms with Gasteiger partial charge in [0.1, 0.15) is 12.2 Å². The highest BCUT2D eigenvalue weighted by molar-refractivity contribution is 5.78. The Balaban J connectivity index is 1.34. The standard InChI is InChI=1S/C20H27NO5/c1-20(2)25-15-11-21-16(22)10-14(18(23)17(21)19(15)26-20)8-9-24-12-13-6-4-3-5-7-13/h3-7,14-15,17-19,23H,8-12H2,1-2H3/t14-,15-,17-,18-,19-/m1/s1. The molecule has 0 saturated carbocycles. The first kappa shape index (κ1) is 17.9. The number of rotatable bonds is 5. The predicted octanol–water partition coefficient (Wildman–Crippen LogP) is 1.70. The first-order valence-corrected chi connectivity index (χ1v) is 9.39. The van der Waals surface area contributed by atoms with E-state index in [0.717, 1.165) is 5.56 Å². The maximum atomic E-state index is 12.5. The molecule has 3 aliphatic rings. The molecule has 142 valence electrons. The molecule has 3 aliphatic heterocycles. The van der Waals surface area contributed by atoms with Gasteiger partial charge in [0.2, 0.25) is 5.91 Å². The van der Waals surface area contributed by atoms with Gasteiger partial charge in [-0.05, 0) is 31.7 Å². The number of nitrogens with zero attached hydrogens (tertiary/aromatic N) is 1. The molecule has 5 atom stereocenters. The molecule has 1 amide bonds. The Morgan fingerprint density at radius 2 is 2.04 bits per heavy atom. The van der Waals surface area contributed by atoms with Crippen molar-refractivity contribution in [1.82, 2.24) is 4.90 Å². The maximum absolute atomic E-state index is 12.5. The van der Waals surface area contributed by atoms with E-state index in [1.54, 1.807) is 4.90 Å². The lowest BCUT2D eigenvalue weighted by Crippen LogP contribution is -2.56. The molecule has 6 nitrogen and oxygen atoms in total. The molecule has 1 N–H and O–H groups in total. The topological polar surface area (TPSA) is 68.2 Å². The van der Waals surface area contributed by atoms with Gasteiger partial charge in [-0.15, -0.1) is 0 Å². The molecular weight excluding hydrogens is 334 g/mol. The summed E-state index contributed by atoms with van der Waals surface area (Å²) in [5, 5.41) is 10.9. The highest BCUT2D eigenvalue weighted by Crippen LogP contribution is 2.42. The van der Waals surface area contributed by atoms with Gasteiger partial charge in [-0.3, -0.25) is 4.79 Å². The zero-order chi connectivity index (χ0) is 18.3. The Labute approximate surface area is 154 Å². The van der Waals surface area contributed by atoms with Crippen LogP contribution in [0.15, 0.2) is 30.3 Å². The SMILES string of the molecule is CC1(C)O[C@H]2[C@H]3[C@H](O)[C@H](CCOCc4ccccc4)CC(=O)N3C[C@H]2O1. The molecule has 3 heterocycles. The number of aliphatic hydroxyl groups is 1. The monoisotopic (exact) mass is 361 g/mol. The molecule has 0 aliphatic carbocycles. The van der Waals surface area contributed by atoms with Crippen LogP contribution in [-0.2, 0) is 25.6 Å². The van der Waals surface area contributed by atoms with Crippen molar-refractivity contribution in [3.63, 3.8) is 0 Å². The summed E-state index contributed by atoms with van der Waals surface area (Å²) < 4.78 is 17.6. The quantitative estimate of drug-likeness (QED) is 0.809. The molecule has 3 saturated heterocycles. The summed E-state index contributed by atoms with van der Waals surface area (Å²) in [4.78, 5) is 14.3. The van der Waals surface area contributed by atoms with Crippen molar-refractivity contribution in [3.8, 4) is 0 Å². The summed E-state index contributed by atoms with van der Waals surface area (Å²) in [7, 11) is 0. The molecule has 26 heavy (non-hydrogen) atoms. The largest absolute Gasteiger partial charge is 0.391 e. The van der Waals surface area contributed by atoms with Gasteiger partial charge < -0.3 is 24.2 Å². The third-order valence-electron chi connectivity index (χ3n) is 5.63. The minimum atomic E-state index is -0.657. The van der Waals surface area contributed by atoms with E-state index in [2.05, 4.69) is 0 Å². The predicted molar refractivity (Wildman–Crippen MR) is 94.2 cm³/mol. The lowest BCUT2D eigenvalue weighted by atomic mass is 9.84. The molecule has 3 fully saturated rings. The molecule has 0 spiro atoms. The zero-order valence-electron chi connectivity index (χ0n) is 15.3. The molecule has 0 bridgehead atoms. The molecule has 1 aromatic carbocycles. The lowest BCUT2D eigenvalue weighted by Gasteiger charge is -2.41. The molecule has 0 unspecified atom stereocenters. The number of carbonyl (C=O) groups excluding carboxylic acids is 1. The number of fused-ring (bicyclic) bond motifs is 3. The molecule has 1 aromatic rings. The van der Waals surface area contributed by atoms with Gasteiger partial charge >= 0.3 is 0 Å². The Morgan fingerprint density at radius 3 is 2.81 bits per heavy atom. The third-order valence-corrected chi connectivity index (χ3v) is 5.63. The van der Waals surface area contributed by atoms with Gasteiger partial charge in [0, 0.05) is 13.0 Å². The number of carbonyl (C=O) groups is 1. The van der Waals surface area contributed by atoms with Gasteiger partial charge in [-0.25, -0.2) is 0 Å². The van der Waals surface area contributed by atoms with Crippen LogP contribution in [0.1, 0.15) is 32.3 Å². The van der Waals surface area contributed by atoms with Crippen molar-refractivity contribution in [2.45, 2.75) is 63.4 Å². The summed E-state index contributed by atoms with van der Waals surface area (Å²) in [6.45, 7) is 5.33. The van der Waals surface area contributed by atoms with E-state index >= 15 is 0 Å². The molecule has 6 heteroatoms. The summed E-state index contributed by atoms with van der Waals surface area (Å²) >= 11 is 0. The van der Waals surface area contributed by atoms with Crippen LogP contribution in [0.5, 0.6) is 0 Å².